The van der Waals surface area contributed by atoms with Crippen molar-refractivity contribution in [3.63, 3.8) is 0 Å². The molecule has 31 heavy (non-hydrogen) atoms. The van der Waals surface area contributed by atoms with E-state index in [9.17, 15) is 5.11 Å². The van der Waals surface area contributed by atoms with Crippen molar-refractivity contribution in [3.05, 3.63) is 77.1 Å². The van der Waals surface area contributed by atoms with Crippen LogP contribution in [0.5, 0.6) is 0 Å². The minimum atomic E-state index is -0.458. The van der Waals surface area contributed by atoms with E-state index < -0.39 is 6.17 Å². The van der Waals surface area contributed by atoms with Crippen LogP contribution in [0.15, 0.2) is 81.5 Å². The third-order valence-electron chi connectivity index (χ3n) is 5.61. The van der Waals surface area contributed by atoms with Gasteiger partial charge in [0.25, 0.3) is 0 Å². The highest BCUT2D eigenvalue weighted by molar-refractivity contribution is 6.30. The summed E-state index contributed by atoms with van der Waals surface area (Å²) in [5.74, 6) is 1.18. The van der Waals surface area contributed by atoms with E-state index in [1.165, 1.54) is 5.69 Å². The molecule has 3 aliphatic rings. The molecule has 2 aromatic rings. The van der Waals surface area contributed by atoms with Crippen LogP contribution in [-0.4, -0.2) is 58.7 Å². The number of aliphatic hydroxyl groups excluding tert-OH is 1. The van der Waals surface area contributed by atoms with Gasteiger partial charge in [0.15, 0.2) is 12.0 Å². The molecule has 0 bridgehead atoms. The van der Waals surface area contributed by atoms with Crippen molar-refractivity contribution < 1.29 is 5.11 Å². The third-order valence-corrected chi connectivity index (χ3v) is 5.86. The molecular formula is C23H23ClN6O. The van der Waals surface area contributed by atoms with Crippen molar-refractivity contribution in [1.29, 1.82) is 0 Å². The predicted octanol–water partition coefficient (Wildman–Crippen LogP) is 4.06. The molecule has 2 aromatic carbocycles. The Labute approximate surface area is 186 Å². The number of hydrogen-bond donors (Lipinski definition) is 1. The van der Waals surface area contributed by atoms with Gasteiger partial charge in [0.05, 0.1) is 0 Å². The highest BCUT2D eigenvalue weighted by Crippen LogP contribution is 2.32. The van der Waals surface area contributed by atoms with Crippen LogP contribution in [0.2, 0.25) is 5.02 Å². The molecule has 0 aliphatic carbocycles. The Kier molecular flexibility index (Phi) is 5.11. The van der Waals surface area contributed by atoms with E-state index in [2.05, 4.69) is 39.1 Å². The molecule has 8 heteroatoms. The molecule has 0 amide bonds. The molecule has 3 heterocycles. The molecule has 0 radical (unpaired) electrons. The Hall–Kier alpha value is -3.32. The van der Waals surface area contributed by atoms with Gasteiger partial charge >= 0.3 is 0 Å². The molecular weight excluding hydrogens is 412 g/mol. The second-order valence-electron chi connectivity index (χ2n) is 7.70. The first kappa shape index (κ1) is 19.6. The number of para-hydroxylation sites is 1. The summed E-state index contributed by atoms with van der Waals surface area (Å²) in [6.07, 6.45) is 1.17. The molecule has 0 spiro atoms. The van der Waals surface area contributed by atoms with Crippen molar-refractivity contribution in [2.24, 2.45) is 15.0 Å². The summed E-state index contributed by atoms with van der Waals surface area (Å²) < 4.78 is 0. The fourth-order valence-electron chi connectivity index (χ4n) is 4.02. The van der Waals surface area contributed by atoms with Crippen LogP contribution in [0, 0.1) is 0 Å². The molecule has 5 rings (SSSR count). The van der Waals surface area contributed by atoms with Crippen LogP contribution in [0.1, 0.15) is 18.7 Å². The zero-order valence-corrected chi connectivity index (χ0v) is 17.9. The van der Waals surface area contributed by atoms with E-state index in [0.717, 1.165) is 31.7 Å². The number of allylic oxidation sites excluding steroid dienone is 1. The van der Waals surface area contributed by atoms with Gasteiger partial charge in [-0.1, -0.05) is 41.9 Å². The van der Waals surface area contributed by atoms with E-state index in [1.807, 2.05) is 37.3 Å². The van der Waals surface area contributed by atoms with Crippen LogP contribution >= 0.6 is 11.6 Å². The number of anilines is 1. The highest BCUT2D eigenvalue weighted by Gasteiger charge is 2.35. The smallest absolute Gasteiger partial charge is 0.237 e. The average Bonchev–Trinajstić information content (AvgIpc) is 2.79. The molecule has 3 aliphatic heterocycles. The van der Waals surface area contributed by atoms with Crippen LogP contribution in [0.25, 0.3) is 0 Å². The van der Waals surface area contributed by atoms with Crippen molar-refractivity contribution in [3.8, 4) is 0 Å². The zero-order chi connectivity index (χ0) is 21.4. The summed E-state index contributed by atoms with van der Waals surface area (Å²) in [7, 11) is 0. The lowest BCUT2D eigenvalue weighted by Crippen LogP contribution is -2.50. The van der Waals surface area contributed by atoms with Gasteiger partial charge in [-0.3, -0.25) is 4.90 Å². The van der Waals surface area contributed by atoms with Gasteiger partial charge in [-0.05, 0) is 36.8 Å². The molecule has 1 atom stereocenters. The molecule has 7 nitrogen and oxygen atoms in total. The normalized spacial score (nSPS) is 21.1. The first-order valence-electron chi connectivity index (χ1n) is 10.3. The van der Waals surface area contributed by atoms with Crippen LogP contribution < -0.4 is 4.90 Å². The second-order valence-corrected chi connectivity index (χ2v) is 8.14. The number of hydrogen-bond acceptors (Lipinski definition) is 7. The minimum absolute atomic E-state index is 0.0860. The van der Waals surface area contributed by atoms with E-state index in [1.54, 1.807) is 11.0 Å². The zero-order valence-electron chi connectivity index (χ0n) is 17.2. The summed E-state index contributed by atoms with van der Waals surface area (Å²) in [6, 6.07) is 17.9. The maximum Gasteiger partial charge on any atom is 0.237 e. The Morgan fingerprint density at radius 1 is 0.871 bits per heavy atom. The SMILES string of the molecule is CC1=NC2=NC(N3CCN(c4ccccc4)CC3)=NC(c3ccc(Cl)cc3)N2C(O)=C1. The number of benzene rings is 2. The van der Waals surface area contributed by atoms with Gasteiger partial charge in [-0.25, -0.2) is 9.98 Å². The summed E-state index contributed by atoms with van der Waals surface area (Å²) >= 11 is 6.08. The second kappa shape index (κ2) is 8.07. The van der Waals surface area contributed by atoms with Gasteiger partial charge in [0, 0.05) is 48.7 Å². The van der Waals surface area contributed by atoms with Crippen molar-refractivity contribution >= 4 is 34.9 Å². The summed E-state index contributed by atoms with van der Waals surface area (Å²) in [5.41, 5.74) is 2.84. The van der Waals surface area contributed by atoms with Crippen LogP contribution in [0.3, 0.4) is 0 Å². The van der Waals surface area contributed by atoms with Gasteiger partial charge in [-0.2, -0.15) is 4.99 Å². The summed E-state index contributed by atoms with van der Waals surface area (Å²) in [5, 5.41) is 11.3. The lowest BCUT2D eigenvalue weighted by Gasteiger charge is -2.40. The van der Waals surface area contributed by atoms with Gasteiger partial charge in [0.1, 0.15) is 0 Å². The average molecular weight is 435 g/mol. The van der Waals surface area contributed by atoms with E-state index in [-0.39, 0.29) is 5.88 Å². The standard InChI is InChI=1S/C23H23ClN6O/c1-16-15-20(31)30-21(17-7-9-18(24)10-8-17)26-22(27-23(30)25-16)29-13-11-28(12-14-29)19-5-3-2-4-6-19/h2-10,15,21,31H,11-14H2,1H3. The van der Waals surface area contributed by atoms with E-state index >= 15 is 0 Å². The van der Waals surface area contributed by atoms with Gasteiger partial charge in [0.2, 0.25) is 11.9 Å². The third kappa shape index (κ3) is 3.88. The molecule has 0 saturated carbocycles. The number of piperazine rings is 1. The maximum absolute atomic E-state index is 10.6. The Balaban J connectivity index is 1.43. The quantitative estimate of drug-likeness (QED) is 0.773. The number of halogens is 1. The fraction of sp³-hybridized carbons (Fsp3) is 0.261. The number of nitrogens with zero attached hydrogens (tertiary/aromatic N) is 6. The number of guanidine groups is 2. The number of fused-ring (bicyclic) bond motifs is 1. The molecule has 0 aromatic heterocycles. The largest absolute Gasteiger partial charge is 0.494 e. The lowest BCUT2D eigenvalue weighted by atomic mass is 10.1. The maximum atomic E-state index is 10.6. The van der Waals surface area contributed by atoms with E-state index in [4.69, 9.17) is 21.6 Å². The molecule has 1 unspecified atom stereocenters. The fourth-order valence-corrected chi connectivity index (χ4v) is 4.14. The highest BCUT2D eigenvalue weighted by atomic mass is 35.5. The number of rotatable bonds is 2. The Morgan fingerprint density at radius 3 is 2.26 bits per heavy atom. The predicted molar refractivity (Wildman–Crippen MR) is 125 cm³/mol. The van der Waals surface area contributed by atoms with E-state index in [0.29, 0.717) is 22.7 Å². The molecule has 1 fully saturated rings. The Bertz CT molecular complexity index is 1080. The van der Waals surface area contributed by atoms with Crippen molar-refractivity contribution in [2.45, 2.75) is 13.1 Å². The van der Waals surface area contributed by atoms with Crippen LogP contribution in [-0.2, 0) is 0 Å². The van der Waals surface area contributed by atoms with Crippen molar-refractivity contribution in [2.75, 3.05) is 31.1 Å². The Morgan fingerprint density at radius 2 is 1.55 bits per heavy atom. The summed E-state index contributed by atoms with van der Waals surface area (Å²) in [4.78, 5) is 20.4. The summed E-state index contributed by atoms with van der Waals surface area (Å²) in [6.45, 7) is 5.23. The monoisotopic (exact) mass is 434 g/mol. The van der Waals surface area contributed by atoms with Gasteiger partial charge in [-0.15, -0.1) is 0 Å². The minimum Gasteiger partial charge on any atom is -0.494 e. The van der Waals surface area contributed by atoms with Crippen molar-refractivity contribution in [1.82, 2.24) is 9.80 Å². The number of aliphatic hydroxyl groups is 1. The first-order chi connectivity index (χ1) is 15.1. The molecule has 1 saturated heterocycles. The van der Waals surface area contributed by atoms with Gasteiger partial charge < -0.3 is 14.9 Å². The molecule has 158 valence electrons. The lowest BCUT2D eigenvalue weighted by molar-refractivity contribution is 0.224. The van der Waals surface area contributed by atoms with Crippen LogP contribution in [0.4, 0.5) is 5.69 Å². The topological polar surface area (TPSA) is 67.0 Å². The number of aliphatic imine (C=N–C) groups is 3. The first-order valence-corrected chi connectivity index (χ1v) is 10.7. The molecule has 1 N–H and O–H groups in total.